The number of carbonyl (C=O) groups is 2. The fraction of sp³-hybridized carbons (Fsp3) is 0.118. The Hall–Kier alpha value is -3.15. The second-order valence-electron chi connectivity index (χ2n) is 4.48. The molecule has 23 heavy (non-hydrogen) atoms. The lowest BCUT2D eigenvalue weighted by atomic mass is 10.1. The number of methoxy groups -OCH3 is 2. The summed E-state index contributed by atoms with van der Waals surface area (Å²) in [6.45, 7) is 0. The third-order valence-electron chi connectivity index (χ3n) is 3.03. The van der Waals surface area contributed by atoms with E-state index in [4.69, 9.17) is 9.47 Å². The minimum absolute atomic E-state index is 0.0128. The average Bonchev–Trinajstić information content (AvgIpc) is 2.61. The van der Waals surface area contributed by atoms with Crippen LogP contribution in [-0.4, -0.2) is 31.1 Å². The molecule has 0 aliphatic heterocycles. The number of esters is 1. The number of hydrogen-bond acceptors (Lipinski definition) is 5. The Morgan fingerprint density at radius 3 is 2.43 bits per heavy atom. The summed E-state index contributed by atoms with van der Waals surface area (Å²) < 4.78 is 9.95. The van der Waals surface area contributed by atoms with Gasteiger partial charge in [-0.3, -0.25) is 9.78 Å². The van der Waals surface area contributed by atoms with Gasteiger partial charge in [0.2, 0.25) is 0 Å². The molecule has 0 aliphatic carbocycles. The number of ether oxygens (including phenoxy) is 2. The van der Waals surface area contributed by atoms with Crippen LogP contribution in [0.1, 0.15) is 15.9 Å². The summed E-state index contributed by atoms with van der Waals surface area (Å²) in [6, 6.07) is 10.2. The normalized spacial score (nSPS) is 10.8. The van der Waals surface area contributed by atoms with E-state index in [9.17, 15) is 9.59 Å². The third kappa shape index (κ3) is 4.16. The molecule has 0 radical (unpaired) electrons. The number of nitrogens with zero attached hydrogens (tertiary/aromatic N) is 1. The molecule has 1 aromatic heterocycles. The van der Waals surface area contributed by atoms with Gasteiger partial charge in [0.15, 0.2) is 0 Å². The molecule has 0 saturated carbocycles. The van der Waals surface area contributed by atoms with Crippen molar-refractivity contribution in [2.24, 2.45) is 0 Å². The number of aromatic nitrogens is 1. The number of nitrogens with one attached hydrogen (secondary N) is 1. The molecule has 118 valence electrons. The summed E-state index contributed by atoms with van der Waals surface area (Å²) in [5, 5.41) is 2.55. The van der Waals surface area contributed by atoms with Crippen molar-refractivity contribution in [3.63, 3.8) is 0 Å². The van der Waals surface area contributed by atoms with Crippen molar-refractivity contribution in [2.75, 3.05) is 14.2 Å². The zero-order valence-electron chi connectivity index (χ0n) is 12.8. The molecular formula is C17H16N2O4. The third-order valence-corrected chi connectivity index (χ3v) is 3.03. The van der Waals surface area contributed by atoms with Crippen LogP contribution in [0.3, 0.4) is 0 Å². The molecule has 2 aromatic rings. The van der Waals surface area contributed by atoms with Gasteiger partial charge in [-0.25, -0.2) is 4.79 Å². The SMILES string of the molecule is COC(=O)/C(=C/c1ccccc1OC)NC(=O)c1ccncc1. The van der Waals surface area contributed by atoms with Crippen molar-refractivity contribution in [3.8, 4) is 5.75 Å². The van der Waals surface area contributed by atoms with Gasteiger partial charge in [0.05, 0.1) is 14.2 Å². The lowest BCUT2D eigenvalue weighted by Crippen LogP contribution is -2.28. The lowest BCUT2D eigenvalue weighted by Gasteiger charge is -2.10. The number of hydrogen-bond donors (Lipinski definition) is 1. The number of para-hydroxylation sites is 1. The minimum atomic E-state index is -0.654. The second-order valence-corrected chi connectivity index (χ2v) is 4.48. The van der Waals surface area contributed by atoms with E-state index in [1.165, 1.54) is 32.7 Å². The first-order valence-corrected chi connectivity index (χ1v) is 6.80. The predicted octanol–water partition coefficient (Wildman–Crippen LogP) is 2.03. The minimum Gasteiger partial charge on any atom is -0.496 e. The number of amides is 1. The van der Waals surface area contributed by atoms with Gasteiger partial charge in [-0.2, -0.15) is 0 Å². The van der Waals surface area contributed by atoms with Crippen LogP contribution in [0.2, 0.25) is 0 Å². The average molecular weight is 312 g/mol. The Labute approximate surface area is 133 Å². The number of benzene rings is 1. The first-order chi connectivity index (χ1) is 11.2. The van der Waals surface area contributed by atoms with Gasteiger partial charge in [-0.1, -0.05) is 18.2 Å². The second kappa shape index (κ2) is 7.74. The van der Waals surface area contributed by atoms with Crippen LogP contribution in [0.5, 0.6) is 5.75 Å². The Balaban J connectivity index is 2.32. The summed E-state index contributed by atoms with van der Waals surface area (Å²) in [5.74, 6) is -0.510. The standard InChI is InChI=1S/C17H16N2O4/c1-22-15-6-4-3-5-13(15)11-14(17(21)23-2)19-16(20)12-7-9-18-10-8-12/h3-11H,1-2H3,(H,19,20)/b14-11-. The fourth-order valence-corrected chi connectivity index (χ4v) is 1.89. The maximum absolute atomic E-state index is 12.2. The van der Waals surface area contributed by atoms with Gasteiger partial charge in [-0.15, -0.1) is 0 Å². The van der Waals surface area contributed by atoms with Crippen LogP contribution in [0, 0.1) is 0 Å². The van der Waals surface area contributed by atoms with E-state index in [2.05, 4.69) is 10.3 Å². The van der Waals surface area contributed by atoms with Crippen molar-refractivity contribution in [2.45, 2.75) is 0 Å². The highest BCUT2D eigenvalue weighted by Crippen LogP contribution is 2.20. The molecule has 6 heteroatoms. The zero-order chi connectivity index (χ0) is 16.7. The Bertz CT molecular complexity index is 726. The summed E-state index contributed by atoms with van der Waals surface area (Å²) in [5.41, 5.74) is 1.04. The molecule has 0 saturated heterocycles. The molecule has 1 aromatic carbocycles. The molecule has 2 rings (SSSR count). The van der Waals surface area contributed by atoms with Crippen molar-refractivity contribution in [1.82, 2.24) is 10.3 Å². The largest absolute Gasteiger partial charge is 0.496 e. The summed E-state index contributed by atoms with van der Waals surface area (Å²) in [4.78, 5) is 28.0. The Kier molecular flexibility index (Phi) is 5.46. The highest BCUT2D eigenvalue weighted by molar-refractivity contribution is 6.03. The van der Waals surface area contributed by atoms with Crippen molar-refractivity contribution in [1.29, 1.82) is 0 Å². The summed E-state index contributed by atoms with van der Waals surface area (Å²) in [7, 11) is 2.77. The molecule has 1 amide bonds. The van der Waals surface area contributed by atoms with E-state index in [1.807, 2.05) is 6.07 Å². The number of pyridine rings is 1. The van der Waals surface area contributed by atoms with E-state index >= 15 is 0 Å². The Morgan fingerprint density at radius 2 is 1.78 bits per heavy atom. The van der Waals surface area contributed by atoms with Crippen LogP contribution in [0.15, 0.2) is 54.5 Å². The summed E-state index contributed by atoms with van der Waals surface area (Å²) in [6.07, 6.45) is 4.50. The van der Waals surface area contributed by atoms with Gasteiger partial charge in [0.1, 0.15) is 11.4 Å². The molecule has 0 atom stereocenters. The van der Waals surface area contributed by atoms with Gasteiger partial charge < -0.3 is 14.8 Å². The molecule has 0 bridgehead atoms. The molecule has 1 heterocycles. The van der Waals surface area contributed by atoms with Gasteiger partial charge in [0.25, 0.3) is 5.91 Å². The predicted molar refractivity (Wildman–Crippen MR) is 84.7 cm³/mol. The highest BCUT2D eigenvalue weighted by atomic mass is 16.5. The maximum atomic E-state index is 12.2. The van der Waals surface area contributed by atoms with E-state index in [0.29, 0.717) is 16.9 Å². The number of rotatable bonds is 5. The molecule has 1 N–H and O–H groups in total. The highest BCUT2D eigenvalue weighted by Gasteiger charge is 2.15. The van der Waals surface area contributed by atoms with E-state index in [1.54, 1.807) is 30.3 Å². The zero-order valence-corrected chi connectivity index (χ0v) is 12.8. The van der Waals surface area contributed by atoms with Crippen LogP contribution in [0.25, 0.3) is 6.08 Å². The molecule has 0 unspecified atom stereocenters. The first kappa shape index (κ1) is 16.2. The number of carbonyl (C=O) groups excluding carboxylic acids is 2. The quantitative estimate of drug-likeness (QED) is 0.675. The molecule has 0 fully saturated rings. The van der Waals surface area contributed by atoms with Gasteiger partial charge >= 0.3 is 5.97 Å². The van der Waals surface area contributed by atoms with Crippen molar-refractivity contribution in [3.05, 3.63) is 65.6 Å². The smallest absolute Gasteiger partial charge is 0.354 e. The monoisotopic (exact) mass is 312 g/mol. The Morgan fingerprint density at radius 1 is 1.09 bits per heavy atom. The fourth-order valence-electron chi connectivity index (χ4n) is 1.89. The van der Waals surface area contributed by atoms with Crippen LogP contribution in [-0.2, 0) is 9.53 Å². The van der Waals surface area contributed by atoms with Crippen LogP contribution < -0.4 is 10.1 Å². The molecule has 6 nitrogen and oxygen atoms in total. The van der Waals surface area contributed by atoms with Crippen LogP contribution in [0.4, 0.5) is 0 Å². The van der Waals surface area contributed by atoms with E-state index in [0.717, 1.165) is 0 Å². The first-order valence-electron chi connectivity index (χ1n) is 6.80. The molecule has 0 spiro atoms. The maximum Gasteiger partial charge on any atom is 0.354 e. The van der Waals surface area contributed by atoms with E-state index < -0.39 is 11.9 Å². The lowest BCUT2D eigenvalue weighted by molar-refractivity contribution is -0.136. The topological polar surface area (TPSA) is 77.5 Å². The molecular weight excluding hydrogens is 296 g/mol. The molecule has 0 aliphatic rings. The van der Waals surface area contributed by atoms with Crippen molar-refractivity contribution < 1.29 is 19.1 Å². The van der Waals surface area contributed by atoms with Gasteiger partial charge in [-0.05, 0) is 24.3 Å². The van der Waals surface area contributed by atoms with E-state index in [-0.39, 0.29) is 5.70 Å². The van der Waals surface area contributed by atoms with Crippen molar-refractivity contribution >= 4 is 18.0 Å². The summed E-state index contributed by atoms with van der Waals surface area (Å²) >= 11 is 0. The van der Waals surface area contributed by atoms with Gasteiger partial charge in [0, 0.05) is 23.5 Å². The van der Waals surface area contributed by atoms with Crippen LogP contribution >= 0.6 is 0 Å².